The normalized spacial score (nSPS) is 15.9. The maximum absolute atomic E-state index is 11.9. The minimum atomic E-state index is -4.60. The van der Waals surface area contributed by atoms with E-state index in [9.17, 15) is 14.0 Å². The van der Waals surface area contributed by atoms with Crippen molar-refractivity contribution in [3.8, 4) is 0 Å². The van der Waals surface area contributed by atoms with E-state index in [-0.39, 0.29) is 15.0 Å². The second kappa shape index (κ2) is 14.2. The van der Waals surface area contributed by atoms with Gasteiger partial charge in [-0.1, -0.05) is 0 Å². The van der Waals surface area contributed by atoms with Gasteiger partial charge in [0.1, 0.15) is 0 Å². The van der Waals surface area contributed by atoms with Gasteiger partial charge < -0.3 is 0 Å². The molecule has 0 fully saturated rings. The fourth-order valence-electron chi connectivity index (χ4n) is 4.77. The van der Waals surface area contributed by atoms with E-state index < -0.39 is 29.7 Å². The Labute approximate surface area is 272 Å². The van der Waals surface area contributed by atoms with Crippen LogP contribution in [0.5, 0.6) is 0 Å². The quantitative estimate of drug-likeness (QED) is 0.247. The van der Waals surface area contributed by atoms with Gasteiger partial charge in [-0.05, 0) is 0 Å². The Morgan fingerprint density at radius 3 is 1.55 bits per heavy atom. The van der Waals surface area contributed by atoms with Crippen LogP contribution in [0.15, 0.2) is 175 Å². The van der Waals surface area contributed by atoms with Crippen LogP contribution in [0.25, 0.3) is 12.6 Å². The predicted molar refractivity (Wildman–Crippen MR) is 172 cm³/mol. The molecule has 0 saturated carbocycles. The van der Waals surface area contributed by atoms with Crippen LogP contribution in [0.2, 0.25) is 0 Å². The molecule has 2 aliphatic rings. The van der Waals surface area contributed by atoms with Crippen LogP contribution in [0, 0.1) is 10.2 Å². The minimum absolute atomic E-state index is 0.157. The molecule has 0 unspecified atom stereocenters. The number of benzene rings is 4. The standard InChI is InChI=1S/C37H27ClO4SeTe/c39-38(40,41)42-44-36(32-20-9-3-10-21-32)26-29(27-37(44)33-22-11-4-12-23-33)15-13-14-28-24-34(30-16-5-1-6-17-30)43-35(25-28)31-18-7-2-8-19-31/h1-27H/b15-13+. The van der Waals surface area contributed by atoms with Crippen molar-refractivity contribution >= 4 is 50.6 Å². The van der Waals surface area contributed by atoms with E-state index in [1.54, 1.807) is 0 Å². The first kappa shape index (κ1) is 30.6. The first-order chi connectivity index (χ1) is 21.4. The third-order valence-electron chi connectivity index (χ3n) is 6.76. The summed E-state index contributed by atoms with van der Waals surface area (Å²) >= 11 is -3.15. The third kappa shape index (κ3) is 7.82. The molecule has 0 atom stereocenters. The number of halogens is 1. The molecule has 4 aromatic carbocycles. The van der Waals surface area contributed by atoms with Gasteiger partial charge in [-0.25, -0.2) is 0 Å². The van der Waals surface area contributed by atoms with Crippen LogP contribution >= 0.6 is 0 Å². The van der Waals surface area contributed by atoms with Crippen molar-refractivity contribution in [3.05, 3.63) is 197 Å². The van der Waals surface area contributed by atoms with E-state index in [0.717, 1.165) is 29.4 Å². The van der Waals surface area contributed by atoms with E-state index >= 15 is 0 Å². The fourth-order valence-corrected chi connectivity index (χ4v) is 14.0. The Hall–Kier alpha value is -3.37. The van der Waals surface area contributed by atoms with E-state index in [1.165, 1.54) is 20.1 Å². The van der Waals surface area contributed by atoms with E-state index in [4.69, 9.17) is 2.65 Å². The predicted octanol–water partition coefficient (Wildman–Crippen LogP) is 4.54. The van der Waals surface area contributed by atoms with Crippen molar-refractivity contribution < 1.29 is 26.9 Å². The summed E-state index contributed by atoms with van der Waals surface area (Å²) in [5, 5.41) is 0. The third-order valence-corrected chi connectivity index (χ3v) is 16.1. The molecule has 0 radical (unpaired) electrons. The summed E-state index contributed by atoms with van der Waals surface area (Å²) in [6.07, 6.45) is 14.6. The summed E-state index contributed by atoms with van der Waals surface area (Å²) in [4.78, 5) is 0. The Morgan fingerprint density at radius 2 is 1.05 bits per heavy atom. The fraction of sp³-hybridized carbons (Fsp3) is 0. The van der Waals surface area contributed by atoms with Crippen molar-refractivity contribution in [1.29, 1.82) is 0 Å². The molecule has 0 spiro atoms. The van der Waals surface area contributed by atoms with Crippen molar-refractivity contribution in [1.82, 2.24) is 0 Å². The number of hydrogen-bond donors (Lipinski definition) is 0. The van der Waals surface area contributed by atoms with Crippen molar-refractivity contribution in [2.24, 2.45) is 0 Å². The van der Waals surface area contributed by atoms with Gasteiger partial charge in [-0.15, -0.1) is 0 Å². The van der Waals surface area contributed by atoms with Crippen LogP contribution in [0.4, 0.5) is 0 Å². The molecular weight excluding hydrogens is 750 g/mol. The SMILES string of the molecule is [O-][Cl+3]([O-])([O-])O[Te]1=C(c2ccccc2)C=C(/C=C/C=C2C=C(c3ccccc3)[Se]C(c3ccccc3)=C2)C=C1c1ccccc1. The van der Waals surface area contributed by atoms with Gasteiger partial charge in [0.25, 0.3) is 0 Å². The summed E-state index contributed by atoms with van der Waals surface area (Å²) in [6, 6.07) is 40.1. The van der Waals surface area contributed by atoms with Crippen molar-refractivity contribution in [3.63, 3.8) is 0 Å². The Balaban J connectivity index is 1.42. The molecule has 4 nitrogen and oxygen atoms in total. The number of hydrogen-bond acceptors (Lipinski definition) is 4. The van der Waals surface area contributed by atoms with Crippen LogP contribution in [-0.2, 0) is 2.65 Å². The molecule has 2 heterocycles. The average molecular weight is 778 g/mol. The molecule has 44 heavy (non-hydrogen) atoms. The van der Waals surface area contributed by atoms with Gasteiger partial charge in [-0.3, -0.25) is 0 Å². The molecule has 0 N–H and O–H groups in total. The average Bonchev–Trinajstić information content (AvgIpc) is 3.06. The van der Waals surface area contributed by atoms with Crippen LogP contribution in [0.3, 0.4) is 0 Å². The molecule has 4 aromatic rings. The molecule has 0 aliphatic carbocycles. The summed E-state index contributed by atoms with van der Waals surface area (Å²) in [5.41, 5.74) is 6.11. The van der Waals surface area contributed by atoms with Crippen LogP contribution in [-0.4, -0.2) is 38.0 Å². The maximum atomic E-state index is 11.9. The summed E-state index contributed by atoms with van der Waals surface area (Å²) in [6.45, 7) is 0. The van der Waals surface area contributed by atoms with Gasteiger partial charge in [0.05, 0.1) is 0 Å². The first-order valence-electron chi connectivity index (χ1n) is 13.8. The van der Waals surface area contributed by atoms with Gasteiger partial charge in [0, 0.05) is 0 Å². The van der Waals surface area contributed by atoms with E-state index in [2.05, 4.69) is 66.8 Å². The summed E-state index contributed by atoms with van der Waals surface area (Å²) in [5.74, 6) is 0. The molecule has 2 aliphatic heterocycles. The Bertz CT molecular complexity index is 1800. The van der Waals surface area contributed by atoms with Crippen LogP contribution < -0.4 is 14.0 Å². The number of rotatable bonds is 8. The Kier molecular flexibility index (Phi) is 9.86. The zero-order valence-corrected chi connectivity index (χ0v) is 28.2. The molecule has 0 aromatic heterocycles. The second-order valence-electron chi connectivity index (χ2n) is 9.84. The first-order valence-corrected chi connectivity index (χ1v) is 20.0. The molecule has 218 valence electrons. The summed E-state index contributed by atoms with van der Waals surface area (Å²) in [7, 11) is -4.60. The van der Waals surface area contributed by atoms with Gasteiger partial charge >= 0.3 is 275 Å². The molecule has 0 saturated heterocycles. The van der Waals surface area contributed by atoms with Gasteiger partial charge in [0.2, 0.25) is 0 Å². The van der Waals surface area contributed by atoms with Gasteiger partial charge in [-0.2, -0.15) is 0 Å². The van der Waals surface area contributed by atoms with Gasteiger partial charge in [0.15, 0.2) is 0 Å². The van der Waals surface area contributed by atoms with Crippen molar-refractivity contribution in [2.75, 3.05) is 0 Å². The molecular formula is C37H27ClO4SeTe. The zero-order valence-electron chi connectivity index (χ0n) is 23.4. The van der Waals surface area contributed by atoms with Crippen molar-refractivity contribution in [2.45, 2.75) is 0 Å². The van der Waals surface area contributed by atoms with E-state index in [1.807, 2.05) is 97.1 Å². The molecule has 0 bridgehead atoms. The second-order valence-corrected chi connectivity index (χ2v) is 18.1. The van der Waals surface area contributed by atoms with E-state index in [0.29, 0.717) is 0 Å². The van der Waals surface area contributed by atoms with Crippen LogP contribution in [0.1, 0.15) is 22.3 Å². The molecule has 7 heteroatoms. The zero-order chi connectivity index (χ0) is 30.4. The summed E-state index contributed by atoms with van der Waals surface area (Å²) < 4.78 is 45.1. The molecule has 6 rings (SSSR count). The number of allylic oxidation sites excluding steroid dienone is 9. The Morgan fingerprint density at radius 1 is 0.568 bits per heavy atom. The monoisotopic (exact) mass is 780 g/mol. The topological polar surface area (TPSA) is 78.4 Å². The molecule has 0 amide bonds.